The number of carbonyl (C=O) groups excluding carboxylic acids is 1. The van der Waals surface area contributed by atoms with Crippen molar-refractivity contribution in [3.8, 4) is 0 Å². The van der Waals surface area contributed by atoms with Crippen LogP contribution in [0.15, 0.2) is 0 Å². The van der Waals surface area contributed by atoms with Gasteiger partial charge in [-0.05, 0) is 26.7 Å². The summed E-state index contributed by atoms with van der Waals surface area (Å²) in [5.41, 5.74) is -0.708. The number of rotatable bonds is 8. The molecular weight excluding hydrogens is 206 g/mol. The lowest BCUT2D eigenvalue weighted by Crippen LogP contribution is -2.58. The van der Waals surface area contributed by atoms with E-state index >= 15 is 0 Å². The summed E-state index contributed by atoms with van der Waals surface area (Å²) < 4.78 is 10.3. The Hall–Kier alpha value is -0.610. The molecule has 0 aliphatic carbocycles. The Kier molecular flexibility index (Phi) is 7.34. The Morgan fingerprint density at radius 1 is 1.38 bits per heavy atom. The van der Waals surface area contributed by atoms with Crippen LogP contribution >= 0.6 is 0 Å². The quantitative estimate of drug-likeness (QED) is 0.646. The molecule has 96 valence electrons. The summed E-state index contributed by atoms with van der Waals surface area (Å²) in [5, 5.41) is 3.32. The molecule has 0 bridgehead atoms. The molecule has 0 aromatic heterocycles. The molecule has 4 heteroatoms. The monoisotopic (exact) mass is 231 g/mol. The average Bonchev–Trinajstić information content (AvgIpc) is 2.28. The molecule has 0 spiro atoms. The van der Waals surface area contributed by atoms with Crippen LogP contribution in [0.2, 0.25) is 0 Å². The first kappa shape index (κ1) is 15.4. The van der Waals surface area contributed by atoms with Gasteiger partial charge in [0.1, 0.15) is 5.54 Å². The van der Waals surface area contributed by atoms with Crippen molar-refractivity contribution in [1.29, 1.82) is 0 Å². The van der Waals surface area contributed by atoms with Crippen LogP contribution in [0.1, 0.15) is 40.5 Å². The molecule has 2 unspecified atom stereocenters. The number of esters is 1. The lowest BCUT2D eigenvalue weighted by molar-refractivity contribution is -0.154. The molecule has 0 heterocycles. The minimum absolute atomic E-state index is 0.223. The number of hydrogen-bond acceptors (Lipinski definition) is 4. The van der Waals surface area contributed by atoms with Crippen LogP contribution in [-0.4, -0.2) is 37.9 Å². The zero-order chi connectivity index (χ0) is 12.6. The van der Waals surface area contributed by atoms with E-state index in [1.54, 1.807) is 7.11 Å². The molecule has 0 amide bonds. The Balaban J connectivity index is 4.75. The first-order valence-corrected chi connectivity index (χ1v) is 6.00. The molecule has 0 aliphatic rings. The lowest BCUT2D eigenvalue weighted by Gasteiger charge is -2.33. The zero-order valence-corrected chi connectivity index (χ0v) is 11.1. The fourth-order valence-electron chi connectivity index (χ4n) is 1.60. The average molecular weight is 231 g/mol. The van der Waals surface area contributed by atoms with E-state index in [0.29, 0.717) is 19.6 Å². The van der Waals surface area contributed by atoms with E-state index in [9.17, 15) is 4.79 Å². The van der Waals surface area contributed by atoms with Gasteiger partial charge in [-0.25, -0.2) is 4.79 Å². The van der Waals surface area contributed by atoms with E-state index in [1.165, 1.54) is 0 Å². The SMILES string of the molecule is CCOC(=O)C(CC)(COC)NC(C)CC. The maximum absolute atomic E-state index is 12.0. The first-order valence-electron chi connectivity index (χ1n) is 6.00. The predicted octanol–water partition coefficient (Wildman–Crippen LogP) is 1.73. The third-order valence-electron chi connectivity index (χ3n) is 2.80. The number of ether oxygens (including phenoxy) is 2. The van der Waals surface area contributed by atoms with E-state index in [1.807, 2.05) is 13.8 Å². The van der Waals surface area contributed by atoms with Crippen molar-refractivity contribution in [3.05, 3.63) is 0 Å². The molecule has 0 saturated heterocycles. The Labute approximate surface area is 98.7 Å². The summed E-state index contributed by atoms with van der Waals surface area (Å²) in [6, 6.07) is 0.263. The van der Waals surface area contributed by atoms with Crippen LogP contribution in [-0.2, 0) is 14.3 Å². The van der Waals surface area contributed by atoms with Crippen LogP contribution in [0.3, 0.4) is 0 Å². The van der Waals surface area contributed by atoms with Gasteiger partial charge in [0.15, 0.2) is 0 Å². The molecule has 1 N–H and O–H groups in total. The van der Waals surface area contributed by atoms with E-state index in [-0.39, 0.29) is 12.0 Å². The molecule has 0 saturated carbocycles. The molecule has 0 aromatic carbocycles. The van der Waals surface area contributed by atoms with Crippen molar-refractivity contribution in [2.45, 2.75) is 52.1 Å². The largest absolute Gasteiger partial charge is 0.465 e. The van der Waals surface area contributed by atoms with E-state index < -0.39 is 5.54 Å². The van der Waals surface area contributed by atoms with Gasteiger partial charge in [-0.2, -0.15) is 0 Å². The number of carbonyl (C=O) groups is 1. The van der Waals surface area contributed by atoms with Crippen LogP contribution in [0.5, 0.6) is 0 Å². The Morgan fingerprint density at radius 2 is 2.00 bits per heavy atom. The third kappa shape index (κ3) is 4.10. The van der Waals surface area contributed by atoms with E-state index in [0.717, 1.165) is 6.42 Å². The molecule has 0 aliphatic heterocycles. The molecule has 16 heavy (non-hydrogen) atoms. The topological polar surface area (TPSA) is 47.6 Å². The van der Waals surface area contributed by atoms with Gasteiger partial charge in [-0.1, -0.05) is 13.8 Å². The summed E-state index contributed by atoms with van der Waals surface area (Å²) in [6.07, 6.45) is 1.62. The molecule has 0 aromatic rings. The maximum atomic E-state index is 12.0. The lowest BCUT2D eigenvalue weighted by atomic mass is 9.95. The van der Waals surface area contributed by atoms with Crippen molar-refractivity contribution < 1.29 is 14.3 Å². The molecule has 0 rings (SSSR count). The standard InChI is InChI=1S/C12H25NO3/c1-6-10(4)13-12(7-2,9-15-5)11(14)16-8-3/h10,13H,6-9H2,1-5H3. The first-order chi connectivity index (χ1) is 7.56. The molecule has 0 fully saturated rings. The van der Waals surface area contributed by atoms with Gasteiger partial charge in [0.25, 0.3) is 0 Å². The summed E-state index contributed by atoms with van der Waals surface area (Å²) in [7, 11) is 1.60. The summed E-state index contributed by atoms with van der Waals surface area (Å²) >= 11 is 0. The third-order valence-corrected chi connectivity index (χ3v) is 2.80. The van der Waals surface area contributed by atoms with Crippen molar-refractivity contribution >= 4 is 5.97 Å². The van der Waals surface area contributed by atoms with Gasteiger partial charge >= 0.3 is 5.97 Å². The van der Waals surface area contributed by atoms with Gasteiger partial charge < -0.3 is 9.47 Å². The van der Waals surface area contributed by atoms with Gasteiger partial charge in [0, 0.05) is 13.2 Å². The van der Waals surface area contributed by atoms with Crippen LogP contribution in [0, 0.1) is 0 Å². The highest BCUT2D eigenvalue weighted by Gasteiger charge is 2.38. The van der Waals surface area contributed by atoms with Crippen LogP contribution < -0.4 is 5.32 Å². The molecule has 4 nitrogen and oxygen atoms in total. The highest BCUT2D eigenvalue weighted by molar-refractivity contribution is 5.81. The summed E-state index contributed by atoms with van der Waals surface area (Å²) in [6.45, 7) is 8.65. The van der Waals surface area contributed by atoms with Crippen molar-refractivity contribution in [2.24, 2.45) is 0 Å². The smallest absolute Gasteiger partial charge is 0.328 e. The fourth-order valence-corrected chi connectivity index (χ4v) is 1.60. The van der Waals surface area contributed by atoms with Crippen molar-refractivity contribution in [3.63, 3.8) is 0 Å². The summed E-state index contributed by atoms with van der Waals surface area (Å²) in [4.78, 5) is 12.0. The minimum Gasteiger partial charge on any atom is -0.465 e. The maximum Gasteiger partial charge on any atom is 0.328 e. The van der Waals surface area contributed by atoms with Gasteiger partial charge in [0.05, 0.1) is 13.2 Å². The number of methoxy groups -OCH3 is 1. The Morgan fingerprint density at radius 3 is 2.38 bits per heavy atom. The molecule has 2 atom stereocenters. The molecule has 0 radical (unpaired) electrons. The second-order valence-electron chi connectivity index (χ2n) is 4.04. The van der Waals surface area contributed by atoms with E-state index in [4.69, 9.17) is 9.47 Å². The highest BCUT2D eigenvalue weighted by Crippen LogP contribution is 2.15. The van der Waals surface area contributed by atoms with E-state index in [2.05, 4.69) is 19.2 Å². The fraction of sp³-hybridized carbons (Fsp3) is 0.917. The van der Waals surface area contributed by atoms with Crippen molar-refractivity contribution in [2.75, 3.05) is 20.3 Å². The van der Waals surface area contributed by atoms with Crippen molar-refractivity contribution in [1.82, 2.24) is 5.32 Å². The number of hydrogen-bond donors (Lipinski definition) is 1. The van der Waals surface area contributed by atoms with Crippen LogP contribution in [0.4, 0.5) is 0 Å². The van der Waals surface area contributed by atoms with Gasteiger partial charge in [-0.3, -0.25) is 5.32 Å². The van der Waals surface area contributed by atoms with Crippen LogP contribution in [0.25, 0.3) is 0 Å². The van der Waals surface area contributed by atoms with Gasteiger partial charge in [0.2, 0.25) is 0 Å². The number of nitrogens with one attached hydrogen (secondary N) is 1. The minimum atomic E-state index is -0.708. The molecular formula is C12H25NO3. The second-order valence-corrected chi connectivity index (χ2v) is 4.04. The predicted molar refractivity (Wildman–Crippen MR) is 64.4 cm³/mol. The second kappa shape index (κ2) is 7.63. The highest BCUT2D eigenvalue weighted by atomic mass is 16.5. The zero-order valence-electron chi connectivity index (χ0n) is 11.1. The van der Waals surface area contributed by atoms with Gasteiger partial charge in [-0.15, -0.1) is 0 Å². The normalized spacial score (nSPS) is 16.6. The summed E-state index contributed by atoms with van der Waals surface area (Å²) in [5.74, 6) is -0.223. The Bertz CT molecular complexity index is 208.